The molecule has 1 N–H and O–H groups in total. The minimum Gasteiger partial charge on any atom is -0.341 e. The van der Waals surface area contributed by atoms with Crippen molar-refractivity contribution in [2.75, 3.05) is 40.3 Å². The number of likely N-dealkylation sites (N-methyl/N-ethyl adjacent to an activating group) is 1. The molecule has 4 aliphatic rings. The lowest BCUT2D eigenvalue weighted by Crippen LogP contribution is -2.43. The highest BCUT2D eigenvalue weighted by Crippen LogP contribution is 2.45. The third kappa shape index (κ3) is 3.86. The van der Waals surface area contributed by atoms with Crippen LogP contribution in [0, 0.1) is 0 Å². The van der Waals surface area contributed by atoms with Gasteiger partial charge >= 0.3 is 0 Å². The molecule has 39 heavy (non-hydrogen) atoms. The quantitative estimate of drug-likeness (QED) is 0.239. The number of quaternary nitrogens is 1. The Balaban J connectivity index is 1.03. The molecule has 1 spiro atoms. The van der Waals surface area contributed by atoms with E-state index in [-0.39, 0.29) is 0 Å². The van der Waals surface area contributed by atoms with Gasteiger partial charge in [0.1, 0.15) is 25.0 Å². The van der Waals surface area contributed by atoms with Crippen molar-refractivity contribution in [1.29, 1.82) is 0 Å². The number of hydrogen-bond donors (Lipinski definition) is 1. The van der Waals surface area contributed by atoms with Crippen LogP contribution in [0.1, 0.15) is 43.1 Å². The largest absolute Gasteiger partial charge is 0.341 e. The van der Waals surface area contributed by atoms with Crippen LogP contribution in [0.5, 0.6) is 0 Å². The van der Waals surface area contributed by atoms with Gasteiger partial charge in [-0.15, -0.1) is 11.3 Å². The zero-order chi connectivity index (χ0) is 26.1. The molecule has 3 saturated heterocycles. The van der Waals surface area contributed by atoms with Crippen molar-refractivity contribution >= 4 is 33.0 Å². The number of thiophene rings is 1. The first-order valence-corrected chi connectivity index (χ1v) is 15.2. The van der Waals surface area contributed by atoms with E-state index in [9.17, 15) is 0 Å². The highest BCUT2D eigenvalue weighted by Gasteiger charge is 2.57. The first-order valence-electron chi connectivity index (χ1n) is 14.4. The van der Waals surface area contributed by atoms with Gasteiger partial charge in [0.15, 0.2) is 5.70 Å². The second kappa shape index (κ2) is 8.96. The van der Waals surface area contributed by atoms with Gasteiger partial charge in [-0.2, -0.15) is 0 Å². The third-order valence-electron chi connectivity index (χ3n) is 9.44. The number of likely N-dealkylation sites (tertiary alicyclic amines) is 2. The van der Waals surface area contributed by atoms with Gasteiger partial charge < -0.3 is 4.98 Å². The first-order chi connectivity index (χ1) is 19.1. The number of aromatic nitrogens is 2. The Labute approximate surface area is 233 Å². The van der Waals surface area contributed by atoms with E-state index in [1.807, 2.05) is 17.5 Å². The van der Waals surface area contributed by atoms with Crippen LogP contribution in [0.3, 0.4) is 0 Å². The number of nitrogens with zero attached hydrogens (tertiary/aromatic N) is 5. The Morgan fingerprint density at radius 3 is 2.31 bits per heavy atom. The number of aliphatic imine (C=N–C) groups is 1. The maximum absolute atomic E-state index is 5.01. The lowest BCUT2D eigenvalue weighted by molar-refractivity contribution is -0.613. The average molecular weight is 536 g/mol. The summed E-state index contributed by atoms with van der Waals surface area (Å²) in [5.41, 5.74) is 6.26. The van der Waals surface area contributed by atoms with E-state index in [1.54, 1.807) is 0 Å². The summed E-state index contributed by atoms with van der Waals surface area (Å²) in [7, 11) is 4.45. The van der Waals surface area contributed by atoms with Crippen molar-refractivity contribution < 1.29 is 4.48 Å². The number of amidine groups is 1. The monoisotopic (exact) mass is 535 g/mol. The van der Waals surface area contributed by atoms with E-state index in [4.69, 9.17) is 9.98 Å². The molecule has 7 heteroatoms. The zero-order valence-electron chi connectivity index (χ0n) is 22.7. The summed E-state index contributed by atoms with van der Waals surface area (Å²) in [5, 5.41) is 1.31. The van der Waals surface area contributed by atoms with Crippen LogP contribution in [0.2, 0.25) is 0 Å². The third-order valence-corrected chi connectivity index (χ3v) is 10.6. The Morgan fingerprint density at radius 1 is 0.872 bits per heavy atom. The fourth-order valence-electron chi connectivity index (χ4n) is 7.03. The summed E-state index contributed by atoms with van der Waals surface area (Å²) in [5.74, 6) is 2.46. The van der Waals surface area contributed by atoms with Gasteiger partial charge in [0, 0.05) is 15.1 Å². The van der Waals surface area contributed by atoms with Crippen LogP contribution in [0.4, 0.5) is 0 Å². The minimum atomic E-state index is 0.414. The van der Waals surface area contributed by atoms with E-state index < -0.39 is 0 Å². The summed E-state index contributed by atoms with van der Waals surface area (Å²) in [6, 6.07) is 19.2. The Bertz CT molecular complexity index is 1620. The molecule has 2 unspecified atom stereocenters. The second-order valence-electron chi connectivity index (χ2n) is 11.8. The Hall–Kier alpha value is -3.10. The molecule has 0 radical (unpaired) electrons. The number of aromatic amines is 1. The van der Waals surface area contributed by atoms with Crippen molar-refractivity contribution in [2.24, 2.45) is 4.99 Å². The van der Waals surface area contributed by atoms with E-state index in [0.29, 0.717) is 12.1 Å². The molecule has 3 fully saturated rings. The number of imidazole rings is 1. The molecule has 0 amide bonds. The topological polar surface area (TPSA) is 47.5 Å². The molecule has 0 saturated carbocycles. The maximum Gasteiger partial charge on any atom is 0.226 e. The molecule has 4 aliphatic heterocycles. The predicted molar refractivity (Wildman–Crippen MR) is 161 cm³/mol. The molecule has 4 aromatic rings. The predicted octanol–water partition coefficient (Wildman–Crippen LogP) is 6.36. The van der Waals surface area contributed by atoms with Crippen LogP contribution in [0.15, 0.2) is 65.9 Å². The van der Waals surface area contributed by atoms with Crippen molar-refractivity contribution in [3.8, 4) is 21.7 Å². The average Bonchev–Trinajstić information content (AvgIpc) is 3.48. The summed E-state index contributed by atoms with van der Waals surface area (Å²) < 4.78 is 2.32. The summed E-state index contributed by atoms with van der Waals surface area (Å²) in [6.07, 6.45) is 9.09. The second-order valence-corrected chi connectivity index (χ2v) is 12.9. The number of hydrogen-bond acceptors (Lipinski definition) is 5. The van der Waals surface area contributed by atoms with Crippen LogP contribution in [0.25, 0.3) is 37.5 Å². The molecule has 2 atom stereocenters. The normalized spacial score (nSPS) is 24.7. The molecule has 2 aromatic heterocycles. The van der Waals surface area contributed by atoms with E-state index >= 15 is 0 Å². The smallest absolute Gasteiger partial charge is 0.226 e. The fourth-order valence-corrected chi connectivity index (χ4v) is 8.13. The van der Waals surface area contributed by atoms with Gasteiger partial charge in [-0.05, 0) is 87.6 Å². The molecule has 198 valence electrons. The van der Waals surface area contributed by atoms with Crippen LogP contribution < -0.4 is 0 Å². The number of benzene rings is 2. The Morgan fingerprint density at radius 2 is 1.59 bits per heavy atom. The van der Waals surface area contributed by atoms with Gasteiger partial charge in [0.25, 0.3) is 0 Å². The molecule has 0 bridgehead atoms. The van der Waals surface area contributed by atoms with Crippen molar-refractivity contribution in [3.63, 3.8) is 0 Å². The van der Waals surface area contributed by atoms with Gasteiger partial charge in [0.05, 0.1) is 24.1 Å². The molecule has 2 aromatic carbocycles. The minimum absolute atomic E-state index is 0.414. The maximum atomic E-state index is 5.01. The highest BCUT2D eigenvalue weighted by molar-refractivity contribution is 7.22. The van der Waals surface area contributed by atoms with Crippen LogP contribution in [-0.4, -0.2) is 76.4 Å². The zero-order valence-corrected chi connectivity index (χ0v) is 23.5. The molecule has 0 aliphatic carbocycles. The number of rotatable bonds is 5. The van der Waals surface area contributed by atoms with Gasteiger partial charge in [-0.25, -0.2) is 14.5 Å². The number of H-pyrrole nitrogens is 1. The van der Waals surface area contributed by atoms with Crippen molar-refractivity contribution in [3.05, 3.63) is 72.3 Å². The summed E-state index contributed by atoms with van der Waals surface area (Å²) in [4.78, 5) is 19.5. The molecule has 6 heterocycles. The number of fused-ring (bicyclic) bond motifs is 1. The first kappa shape index (κ1) is 23.8. The van der Waals surface area contributed by atoms with E-state index in [2.05, 4.69) is 83.6 Å². The van der Waals surface area contributed by atoms with Gasteiger partial charge in [0.2, 0.25) is 5.84 Å². The molecular weight excluding hydrogens is 500 g/mol. The van der Waals surface area contributed by atoms with E-state index in [0.717, 1.165) is 22.5 Å². The van der Waals surface area contributed by atoms with Crippen molar-refractivity contribution in [2.45, 2.75) is 37.8 Å². The molecule has 6 nitrogen and oxygen atoms in total. The highest BCUT2D eigenvalue weighted by atomic mass is 32.1. The van der Waals surface area contributed by atoms with Gasteiger partial charge in [-0.3, -0.25) is 9.80 Å². The standard InChI is InChI=1S/C32H35N6S/c1-36-13-3-5-26(36)31-33-19-25(35-31)21-7-9-22(10-8-21)29-18-24-12-11-23(17-30(24)39-29)28-20-34-32(38(28)15-16-38)27-6-4-14-37(27)2/h7-12,17-20,26-27H,3-6,13-16H2,1-2H3,(H,33,35)/q+1. The molecular formula is C32H35N6S+. The number of nitrogens with one attached hydrogen (secondary N) is 1. The SMILES string of the molecule is CN1CCCC1C1=NC=C(c2ccc3cc(-c4ccc(-c5cnc(C6CCCN6C)[nH]5)cc4)sc3c2)[N+]12CC2. The molecule has 8 rings (SSSR count). The summed E-state index contributed by atoms with van der Waals surface area (Å²) >= 11 is 1.89. The van der Waals surface area contributed by atoms with E-state index in [1.165, 1.54) is 88.5 Å². The van der Waals surface area contributed by atoms with Crippen LogP contribution in [-0.2, 0) is 0 Å². The van der Waals surface area contributed by atoms with Crippen molar-refractivity contribution in [1.82, 2.24) is 19.8 Å². The van der Waals surface area contributed by atoms with Crippen LogP contribution >= 0.6 is 11.3 Å². The Kier molecular flexibility index (Phi) is 5.46. The fraction of sp³-hybridized carbons (Fsp3) is 0.375. The summed E-state index contributed by atoms with van der Waals surface area (Å²) in [6.45, 7) is 4.70. The van der Waals surface area contributed by atoms with Gasteiger partial charge in [-0.1, -0.05) is 30.3 Å². The lowest BCUT2D eigenvalue weighted by Gasteiger charge is -2.25. The lowest BCUT2D eigenvalue weighted by atomic mass is 10.1.